The molecule has 2 heterocycles. The molecular weight excluding hydrogens is 331 g/mol. The number of benzene rings is 1. The largest absolute Gasteiger partial charge is 0.493 e. The molecule has 1 saturated heterocycles. The number of nitrogens with zero attached hydrogens (tertiary/aromatic N) is 4. The Kier molecular flexibility index (Phi) is 5.92. The second kappa shape index (κ2) is 8.34. The summed E-state index contributed by atoms with van der Waals surface area (Å²) < 4.78 is 26.0. The summed E-state index contributed by atoms with van der Waals surface area (Å²) in [5.41, 5.74) is 0. The first kappa shape index (κ1) is 17.0. The maximum atomic E-state index is 12.8. The molecule has 8 heteroatoms. The standard InChI is InChI=1S/C16H21FN4O2S/c1-2-21-15(20-7-9-22-10-8-20)18-19-16(21)24-12-11-23-14-5-3-13(17)4-6-14/h3-6H,2,7-12H2,1H3. The SMILES string of the molecule is CCn1c(SCCOc2ccc(F)cc2)nnc1N1CCOCC1. The van der Waals surface area contributed by atoms with E-state index in [9.17, 15) is 4.39 Å². The van der Waals surface area contributed by atoms with Gasteiger partial charge in [0, 0.05) is 25.4 Å². The molecule has 0 atom stereocenters. The van der Waals surface area contributed by atoms with Crippen LogP contribution < -0.4 is 9.64 Å². The number of hydrogen-bond donors (Lipinski definition) is 0. The van der Waals surface area contributed by atoms with Crippen LogP contribution in [-0.2, 0) is 11.3 Å². The summed E-state index contributed by atoms with van der Waals surface area (Å²) in [6.45, 7) is 6.58. The minimum atomic E-state index is -0.261. The Morgan fingerprint density at radius 2 is 1.96 bits per heavy atom. The monoisotopic (exact) mass is 352 g/mol. The van der Waals surface area contributed by atoms with Crippen molar-refractivity contribution in [3.05, 3.63) is 30.1 Å². The van der Waals surface area contributed by atoms with Gasteiger partial charge in [-0.25, -0.2) is 4.39 Å². The number of morpholine rings is 1. The lowest BCUT2D eigenvalue weighted by Gasteiger charge is -2.27. The van der Waals surface area contributed by atoms with Gasteiger partial charge in [-0.1, -0.05) is 11.8 Å². The zero-order valence-corrected chi connectivity index (χ0v) is 14.5. The van der Waals surface area contributed by atoms with E-state index < -0.39 is 0 Å². The molecule has 3 rings (SSSR count). The van der Waals surface area contributed by atoms with E-state index in [4.69, 9.17) is 9.47 Å². The minimum Gasteiger partial charge on any atom is -0.493 e. The minimum absolute atomic E-state index is 0.261. The van der Waals surface area contributed by atoms with E-state index in [1.54, 1.807) is 23.9 Å². The Hall–Kier alpha value is -1.80. The van der Waals surface area contributed by atoms with Gasteiger partial charge in [0.05, 0.1) is 19.8 Å². The molecule has 2 aromatic rings. The highest BCUT2D eigenvalue weighted by atomic mass is 32.2. The highest BCUT2D eigenvalue weighted by Gasteiger charge is 2.19. The number of ether oxygens (including phenoxy) is 2. The zero-order valence-electron chi connectivity index (χ0n) is 13.7. The molecule has 0 N–H and O–H groups in total. The quantitative estimate of drug-likeness (QED) is 0.564. The van der Waals surface area contributed by atoms with Crippen LogP contribution in [0.1, 0.15) is 6.92 Å². The Bertz CT molecular complexity index is 644. The second-order valence-electron chi connectivity index (χ2n) is 5.28. The topological polar surface area (TPSA) is 52.4 Å². The maximum absolute atomic E-state index is 12.8. The first-order valence-electron chi connectivity index (χ1n) is 8.05. The number of hydrogen-bond acceptors (Lipinski definition) is 6. The van der Waals surface area contributed by atoms with Crippen molar-refractivity contribution in [3.8, 4) is 5.75 Å². The number of thioether (sulfide) groups is 1. The van der Waals surface area contributed by atoms with Gasteiger partial charge in [-0.15, -0.1) is 10.2 Å². The first-order valence-corrected chi connectivity index (χ1v) is 9.03. The van der Waals surface area contributed by atoms with Crippen LogP contribution in [0, 0.1) is 5.82 Å². The van der Waals surface area contributed by atoms with Crippen LogP contribution in [-0.4, -0.2) is 53.4 Å². The summed E-state index contributed by atoms with van der Waals surface area (Å²) in [7, 11) is 0. The molecule has 1 aliphatic heterocycles. The molecule has 130 valence electrons. The van der Waals surface area contributed by atoms with Crippen LogP contribution in [0.25, 0.3) is 0 Å². The fraction of sp³-hybridized carbons (Fsp3) is 0.500. The van der Waals surface area contributed by atoms with E-state index in [0.29, 0.717) is 12.4 Å². The Morgan fingerprint density at radius 1 is 1.21 bits per heavy atom. The van der Waals surface area contributed by atoms with Crippen LogP contribution in [0.4, 0.5) is 10.3 Å². The molecule has 1 fully saturated rings. The lowest BCUT2D eigenvalue weighted by Crippen LogP contribution is -2.38. The molecule has 0 spiro atoms. The van der Waals surface area contributed by atoms with E-state index >= 15 is 0 Å². The summed E-state index contributed by atoms with van der Waals surface area (Å²) in [5.74, 6) is 2.06. The molecule has 24 heavy (non-hydrogen) atoms. The van der Waals surface area contributed by atoms with Crippen molar-refractivity contribution in [2.24, 2.45) is 0 Å². The third-order valence-corrected chi connectivity index (χ3v) is 4.64. The average Bonchev–Trinajstić information content (AvgIpc) is 3.04. The summed E-state index contributed by atoms with van der Waals surface area (Å²) in [6, 6.07) is 6.05. The summed E-state index contributed by atoms with van der Waals surface area (Å²) >= 11 is 1.61. The molecule has 0 amide bonds. The van der Waals surface area contributed by atoms with Crippen LogP contribution in [0.5, 0.6) is 5.75 Å². The average molecular weight is 352 g/mol. The third-order valence-electron chi connectivity index (χ3n) is 3.70. The van der Waals surface area contributed by atoms with Gasteiger partial charge in [0.1, 0.15) is 11.6 Å². The van der Waals surface area contributed by atoms with E-state index in [0.717, 1.165) is 49.7 Å². The van der Waals surface area contributed by atoms with Crippen LogP contribution in [0.15, 0.2) is 29.4 Å². The van der Waals surface area contributed by atoms with Crippen molar-refractivity contribution in [3.63, 3.8) is 0 Å². The fourth-order valence-electron chi connectivity index (χ4n) is 2.49. The molecule has 6 nitrogen and oxygen atoms in total. The van der Waals surface area contributed by atoms with Gasteiger partial charge < -0.3 is 14.4 Å². The molecule has 0 radical (unpaired) electrons. The third kappa shape index (κ3) is 4.18. The lowest BCUT2D eigenvalue weighted by atomic mass is 10.3. The predicted molar refractivity (Wildman–Crippen MR) is 91.3 cm³/mol. The van der Waals surface area contributed by atoms with Crippen molar-refractivity contribution >= 4 is 17.7 Å². The molecule has 1 aromatic heterocycles. The normalized spacial score (nSPS) is 14.8. The Balaban J connectivity index is 1.53. The van der Waals surface area contributed by atoms with Gasteiger partial charge in [0.15, 0.2) is 5.16 Å². The van der Waals surface area contributed by atoms with E-state index in [1.165, 1.54) is 12.1 Å². The second-order valence-corrected chi connectivity index (χ2v) is 6.34. The predicted octanol–water partition coefficient (Wildman–Crippen LogP) is 2.44. The van der Waals surface area contributed by atoms with E-state index in [-0.39, 0.29) is 5.82 Å². The van der Waals surface area contributed by atoms with Gasteiger partial charge in [-0.05, 0) is 31.2 Å². The maximum Gasteiger partial charge on any atom is 0.228 e. The van der Waals surface area contributed by atoms with Gasteiger partial charge in [-0.3, -0.25) is 4.57 Å². The lowest BCUT2D eigenvalue weighted by molar-refractivity contribution is 0.121. The van der Waals surface area contributed by atoms with Crippen molar-refractivity contribution in [2.75, 3.05) is 43.6 Å². The van der Waals surface area contributed by atoms with Crippen molar-refractivity contribution in [1.82, 2.24) is 14.8 Å². The highest BCUT2D eigenvalue weighted by molar-refractivity contribution is 7.99. The van der Waals surface area contributed by atoms with Crippen LogP contribution >= 0.6 is 11.8 Å². The zero-order chi connectivity index (χ0) is 16.8. The molecule has 0 bridgehead atoms. The number of rotatable bonds is 7. The number of halogens is 1. The Morgan fingerprint density at radius 3 is 2.67 bits per heavy atom. The summed E-state index contributed by atoms with van der Waals surface area (Å²) in [4.78, 5) is 2.21. The van der Waals surface area contributed by atoms with Gasteiger partial charge in [0.2, 0.25) is 5.95 Å². The van der Waals surface area contributed by atoms with Crippen molar-refractivity contribution < 1.29 is 13.9 Å². The van der Waals surface area contributed by atoms with Crippen molar-refractivity contribution in [1.29, 1.82) is 0 Å². The molecular formula is C16H21FN4O2S. The molecule has 1 aliphatic rings. The molecule has 0 unspecified atom stereocenters. The first-order chi connectivity index (χ1) is 11.8. The fourth-order valence-corrected chi connectivity index (χ4v) is 3.30. The molecule has 0 saturated carbocycles. The van der Waals surface area contributed by atoms with E-state index in [2.05, 4.69) is 26.6 Å². The summed E-state index contributed by atoms with van der Waals surface area (Å²) in [6.07, 6.45) is 0. The molecule has 1 aromatic carbocycles. The highest BCUT2D eigenvalue weighted by Crippen LogP contribution is 2.22. The van der Waals surface area contributed by atoms with Crippen LogP contribution in [0.3, 0.4) is 0 Å². The Labute approximate surface area is 145 Å². The van der Waals surface area contributed by atoms with Crippen LogP contribution in [0.2, 0.25) is 0 Å². The van der Waals surface area contributed by atoms with E-state index in [1.807, 2.05) is 0 Å². The summed E-state index contributed by atoms with van der Waals surface area (Å²) in [5, 5.41) is 9.53. The number of anilines is 1. The van der Waals surface area contributed by atoms with Crippen molar-refractivity contribution in [2.45, 2.75) is 18.6 Å². The number of aromatic nitrogens is 3. The van der Waals surface area contributed by atoms with Gasteiger partial charge in [-0.2, -0.15) is 0 Å². The molecule has 0 aliphatic carbocycles. The van der Waals surface area contributed by atoms with Gasteiger partial charge in [0.25, 0.3) is 0 Å². The smallest absolute Gasteiger partial charge is 0.228 e. The van der Waals surface area contributed by atoms with Gasteiger partial charge >= 0.3 is 0 Å².